The minimum absolute atomic E-state index is 0.0135. The second-order valence-electron chi connectivity index (χ2n) is 4.45. The Morgan fingerprint density at radius 3 is 2.48 bits per heavy atom. The van der Waals surface area contributed by atoms with Gasteiger partial charge in [-0.3, -0.25) is 25.4 Å². The number of hydrogen-bond acceptors (Lipinski definition) is 6. The third-order valence-electron chi connectivity index (χ3n) is 2.76. The van der Waals surface area contributed by atoms with Crippen LogP contribution in [-0.4, -0.2) is 33.9 Å². The van der Waals surface area contributed by atoms with E-state index < -0.39 is 23.9 Å². The van der Waals surface area contributed by atoms with Crippen molar-refractivity contribution in [2.45, 2.75) is 13.0 Å². The first kappa shape index (κ1) is 16.1. The van der Waals surface area contributed by atoms with Crippen molar-refractivity contribution in [1.29, 1.82) is 0 Å². The van der Waals surface area contributed by atoms with Crippen molar-refractivity contribution < 1.29 is 19.1 Å². The van der Waals surface area contributed by atoms with Crippen LogP contribution in [0.4, 0.5) is 0 Å². The Morgan fingerprint density at radius 2 is 1.83 bits per heavy atom. The first-order valence-corrected chi connectivity index (χ1v) is 6.70. The number of ether oxygens (including phenoxy) is 1. The topological polar surface area (TPSA) is 110 Å². The molecule has 8 heteroatoms. The maximum absolute atomic E-state index is 11.8. The molecule has 8 nitrogen and oxygen atoms in total. The number of carbonyl (C=O) groups excluding carboxylic acids is 3. The Kier molecular flexibility index (Phi) is 5.35. The van der Waals surface area contributed by atoms with Crippen LogP contribution >= 0.6 is 0 Å². The van der Waals surface area contributed by atoms with E-state index in [9.17, 15) is 14.4 Å². The van der Waals surface area contributed by atoms with Crippen molar-refractivity contribution in [1.82, 2.24) is 20.8 Å². The molecule has 2 rings (SSSR count). The van der Waals surface area contributed by atoms with Crippen LogP contribution in [0.2, 0.25) is 0 Å². The fourth-order valence-electron chi connectivity index (χ4n) is 1.56. The second kappa shape index (κ2) is 7.64. The van der Waals surface area contributed by atoms with Crippen molar-refractivity contribution in [3.8, 4) is 0 Å². The number of nitrogens with one attached hydrogen (secondary N) is 2. The lowest BCUT2D eigenvalue weighted by Gasteiger charge is -2.13. The lowest BCUT2D eigenvalue weighted by Crippen LogP contribution is -2.46. The summed E-state index contributed by atoms with van der Waals surface area (Å²) >= 11 is 0. The summed E-state index contributed by atoms with van der Waals surface area (Å²) in [7, 11) is 0. The highest BCUT2D eigenvalue weighted by molar-refractivity contribution is 5.96. The highest BCUT2D eigenvalue weighted by Crippen LogP contribution is 2.00. The molecule has 0 fully saturated rings. The molecule has 1 aromatic carbocycles. The molecular weight excluding hydrogens is 300 g/mol. The summed E-state index contributed by atoms with van der Waals surface area (Å²) in [6.07, 6.45) is 2.86. The molecule has 2 N–H and O–H groups in total. The summed E-state index contributed by atoms with van der Waals surface area (Å²) in [5.74, 6) is -1.94. The lowest BCUT2D eigenvalue weighted by atomic mass is 10.2. The Hall–Kier alpha value is -3.29. The smallest absolute Gasteiger partial charge is 0.359 e. The molecule has 23 heavy (non-hydrogen) atoms. The summed E-state index contributed by atoms with van der Waals surface area (Å²) in [4.78, 5) is 42.8. The summed E-state index contributed by atoms with van der Waals surface area (Å²) in [5.41, 5.74) is 4.79. The number of hydrazine groups is 1. The van der Waals surface area contributed by atoms with Crippen molar-refractivity contribution in [2.24, 2.45) is 0 Å². The number of esters is 1. The zero-order valence-electron chi connectivity index (χ0n) is 12.2. The van der Waals surface area contributed by atoms with E-state index in [2.05, 4.69) is 20.8 Å². The van der Waals surface area contributed by atoms with Crippen molar-refractivity contribution in [2.75, 3.05) is 0 Å². The molecule has 2 aromatic rings. The average molecular weight is 314 g/mol. The number of hydrogen-bond donors (Lipinski definition) is 2. The number of carbonyl (C=O) groups is 3. The lowest BCUT2D eigenvalue weighted by molar-refractivity contribution is -0.129. The zero-order chi connectivity index (χ0) is 16.7. The van der Waals surface area contributed by atoms with E-state index >= 15 is 0 Å². The van der Waals surface area contributed by atoms with Crippen molar-refractivity contribution in [3.05, 3.63) is 60.2 Å². The van der Waals surface area contributed by atoms with Gasteiger partial charge >= 0.3 is 5.97 Å². The minimum Gasteiger partial charge on any atom is -0.448 e. The van der Waals surface area contributed by atoms with E-state index in [1.54, 1.807) is 30.3 Å². The monoisotopic (exact) mass is 314 g/mol. The van der Waals surface area contributed by atoms with E-state index in [0.717, 1.165) is 0 Å². The largest absolute Gasteiger partial charge is 0.448 e. The van der Waals surface area contributed by atoms with Crippen LogP contribution in [0.3, 0.4) is 0 Å². The van der Waals surface area contributed by atoms with Gasteiger partial charge in [-0.1, -0.05) is 18.2 Å². The first-order valence-electron chi connectivity index (χ1n) is 6.70. The third-order valence-corrected chi connectivity index (χ3v) is 2.76. The number of amides is 2. The van der Waals surface area contributed by atoms with Crippen molar-refractivity contribution in [3.63, 3.8) is 0 Å². The quantitative estimate of drug-likeness (QED) is 0.627. The molecule has 1 aromatic heterocycles. The van der Waals surface area contributed by atoms with Crippen LogP contribution in [0.25, 0.3) is 0 Å². The van der Waals surface area contributed by atoms with Gasteiger partial charge < -0.3 is 4.74 Å². The molecule has 0 aliphatic carbocycles. The predicted octanol–water partition coefficient (Wildman–Crippen LogP) is 0.483. The van der Waals surface area contributed by atoms with E-state index in [4.69, 9.17) is 4.74 Å². The third kappa shape index (κ3) is 4.60. The Bertz CT molecular complexity index is 691. The minimum atomic E-state index is -1.11. The van der Waals surface area contributed by atoms with Gasteiger partial charge in [0.1, 0.15) is 0 Å². The Morgan fingerprint density at radius 1 is 1.09 bits per heavy atom. The molecule has 0 aliphatic heterocycles. The summed E-state index contributed by atoms with van der Waals surface area (Å²) in [6.45, 7) is 1.37. The van der Waals surface area contributed by atoms with Gasteiger partial charge in [-0.05, 0) is 19.1 Å². The molecule has 0 bridgehead atoms. The molecule has 118 valence electrons. The van der Waals surface area contributed by atoms with Crippen molar-refractivity contribution >= 4 is 17.8 Å². The molecule has 0 aliphatic rings. The number of nitrogens with zero attached hydrogens (tertiary/aromatic N) is 2. The highest BCUT2D eigenvalue weighted by atomic mass is 16.5. The van der Waals surface area contributed by atoms with E-state index in [0.29, 0.717) is 5.56 Å². The van der Waals surface area contributed by atoms with Crippen LogP contribution in [0.5, 0.6) is 0 Å². The average Bonchev–Trinajstić information content (AvgIpc) is 2.60. The van der Waals surface area contributed by atoms with E-state index in [1.807, 2.05) is 0 Å². The highest BCUT2D eigenvalue weighted by Gasteiger charge is 2.20. The molecule has 0 saturated heterocycles. The van der Waals surface area contributed by atoms with Crippen LogP contribution in [0, 0.1) is 0 Å². The Balaban J connectivity index is 1.83. The van der Waals surface area contributed by atoms with Gasteiger partial charge in [0.15, 0.2) is 11.8 Å². The van der Waals surface area contributed by atoms with Gasteiger partial charge in [-0.15, -0.1) is 0 Å². The first-order chi connectivity index (χ1) is 11.1. The van der Waals surface area contributed by atoms with Gasteiger partial charge in [-0.25, -0.2) is 9.78 Å². The van der Waals surface area contributed by atoms with Gasteiger partial charge in [0.05, 0.1) is 6.20 Å². The molecule has 1 atom stereocenters. The van der Waals surface area contributed by atoms with Crippen LogP contribution < -0.4 is 10.9 Å². The predicted molar refractivity (Wildman–Crippen MR) is 79.0 cm³/mol. The molecular formula is C15H14N4O4. The maximum atomic E-state index is 11.8. The molecule has 0 unspecified atom stereocenters. The molecule has 0 saturated carbocycles. The van der Waals surface area contributed by atoms with Gasteiger partial charge in [0, 0.05) is 18.0 Å². The van der Waals surface area contributed by atoms with Crippen LogP contribution in [0.15, 0.2) is 48.9 Å². The maximum Gasteiger partial charge on any atom is 0.359 e. The van der Waals surface area contributed by atoms with Gasteiger partial charge in [0.25, 0.3) is 11.8 Å². The van der Waals surface area contributed by atoms with Gasteiger partial charge in [0.2, 0.25) is 0 Å². The summed E-state index contributed by atoms with van der Waals surface area (Å²) in [5, 5.41) is 0. The van der Waals surface area contributed by atoms with Gasteiger partial charge in [-0.2, -0.15) is 0 Å². The number of benzene rings is 1. The zero-order valence-corrected chi connectivity index (χ0v) is 12.2. The Labute approximate surface area is 131 Å². The SMILES string of the molecule is C[C@H](OC(=O)c1cnccn1)C(=O)NNC(=O)c1ccccc1. The molecule has 1 heterocycles. The normalized spacial score (nSPS) is 11.2. The molecule has 0 spiro atoms. The van der Waals surface area contributed by atoms with Crippen LogP contribution in [0.1, 0.15) is 27.8 Å². The second-order valence-corrected chi connectivity index (χ2v) is 4.45. The summed E-state index contributed by atoms with van der Waals surface area (Å²) in [6, 6.07) is 8.35. The fraction of sp³-hybridized carbons (Fsp3) is 0.133. The fourth-order valence-corrected chi connectivity index (χ4v) is 1.56. The standard InChI is InChI=1S/C15H14N4O4/c1-10(23-15(22)12-9-16-7-8-17-12)13(20)18-19-14(21)11-5-3-2-4-6-11/h2-10H,1H3,(H,18,20)(H,19,21)/t10-/m0/s1. The number of aromatic nitrogens is 2. The van der Waals surface area contributed by atoms with E-state index in [-0.39, 0.29) is 5.69 Å². The molecule has 0 radical (unpaired) electrons. The molecule has 2 amide bonds. The van der Waals surface area contributed by atoms with Crippen LogP contribution in [-0.2, 0) is 9.53 Å². The summed E-state index contributed by atoms with van der Waals surface area (Å²) < 4.78 is 4.93. The number of rotatable bonds is 4. The van der Waals surface area contributed by atoms with E-state index in [1.165, 1.54) is 25.5 Å².